The maximum atomic E-state index is 12.7. The van der Waals surface area contributed by atoms with Gasteiger partial charge in [-0.3, -0.25) is 0 Å². The second kappa shape index (κ2) is 8.33. The highest BCUT2D eigenvalue weighted by Crippen LogP contribution is 2.31. The molecule has 0 unspecified atom stereocenters. The van der Waals surface area contributed by atoms with Gasteiger partial charge in [-0.2, -0.15) is 13.2 Å². The van der Waals surface area contributed by atoms with Crippen molar-refractivity contribution in [3.8, 4) is 0 Å². The van der Waals surface area contributed by atoms with E-state index >= 15 is 0 Å². The van der Waals surface area contributed by atoms with Crippen LogP contribution in [-0.2, 0) is 29.9 Å². The van der Waals surface area contributed by atoms with Gasteiger partial charge in [-0.1, -0.05) is 6.07 Å². The fourth-order valence-electron chi connectivity index (χ4n) is 3.07. The third-order valence-corrected chi connectivity index (χ3v) is 4.42. The molecule has 0 saturated carbocycles. The number of alkyl halides is 3. The van der Waals surface area contributed by atoms with Gasteiger partial charge in [0, 0.05) is 5.69 Å². The SMILES string of the molecule is COC(=O)CO[C@@H]1CO[C@H]2[C@@H]1OC[C@@H]2NC(=O)Nc1cccc(C(F)(F)F)c1. The first-order valence-corrected chi connectivity index (χ1v) is 8.44. The number of esters is 1. The summed E-state index contributed by atoms with van der Waals surface area (Å²) < 4.78 is 59.3. The number of carbonyl (C=O) groups is 2. The molecule has 2 aliphatic heterocycles. The van der Waals surface area contributed by atoms with E-state index in [1.54, 1.807) is 0 Å². The Kier molecular flexibility index (Phi) is 6.06. The average Bonchev–Trinajstić information content (AvgIpc) is 3.22. The van der Waals surface area contributed by atoms with Gasteiger partial charge in [0.1, 0.15) is 24.9 Å². The van der Waals surface area contributed by atoms with E-state index in [0.29, 0.717) is 0 Å². The summed E-state index contributed by atoms with van der Waals surface area (Å²) in [6.07, 6.45) is -5.95. The highest BCUT2D eigenvalue weighted by molar-refractivity contribution is 5.89. The smallest absolute Gasteiger partial charge is 0.416 e. The molecule has 4 atom stereocenters. The lowest BCUT2D eigenvalue weighted by Crippen LogP contribution is -2.46. The number of carbonyl (C=O) groups excluding carboxylic acids is 2. The number of benzene rings is 1. The summed E-state index contributed by atoms with van der Waals surface area (Å²) in [5.74, 6) is -0.531. The molecule has 2 fully saturated rings. The molecule has 0 aromatic heterocycles. The Morgan fingerprint density at radius 1 is 1.21 bits per heavy atom. The van der Waals surface area contributed by atoms with Gasteiger partial charge < -0.3 is 29.6 Å². The van der Waals surface area contributed by atoms with E-state index in [0.717, 1.165) is 12.1 Å². The largest absolute Gasteiger partial charge is 0.467 e. The Bertz CT molecular complexity index is 729. The maximum absolute atomic E-state index is 12.7. The zero-order chi connectivity index (χ0) is 20.3. The topological polar surface area (TPSA) is 95.1 Å². The van der Waals surface area contributed by atoms with Crippen LogP contribution in [0.4, 0.5) is 23.7 Å². The van der Waals surface area contributed by atoms with E-state index in [2.05, 4.69) is 15.4 Å². The first kappa shape index (κ1) is 20.4. The zero-order valence-corrected chi connectivity index (χ0v) is 14.8. The van der Waals surface area contributed by atoms with Crippen LogP contribution in [0.1, 0.15) is 5.56 Å². The molecule has 8 nitrogen and oxygen atoms in total. The monoisotopic (exact) mass is 404 g/mol. The van der Waals surface area contributed by atoms with Crippen LogP contribution in [0.15, 0.2) is 24.3 Å². The van der Waals surface area contributed by atoms with Crippen molar-refractivity contribution in [2.45, 2.75) is 30.5 Å². The molecule has 28 heavy (non-hydrogen) atoms. The summed E-state index contributed by atoms with van der Waals surface area (Å²) in [6, 6.07) is 3.12. The predicted molar refractivity (Wildman–Crippen MR) is 88.6 cm³/mol. The minimum absolute atomic E-state index is 0.00872. The third kappa shape index (κ3) is 4.72. The van der Waals surface area contributed by atoms with E-state index in [9.17, 15) is 22.8 Å². The van der Waals surface area contributed by atoms with Gasteiger partial charge in [0.05, 0.1) is 31.9 Å². The van der Waals surface area contributed by atoms with Crippen molar-refractivity contribution in [2.75, 3.05) is 32.2 Å². The first-order valence-electron chi connectivity index (χ1n) is 8.44. The molecule has 0 spiro atoms. The van der Waals surface area contributed by atoms with Crippen LogP contribution >= 0.6 is 0 Å². The minimum atomic E-state index is -4.50. The van der Waals surface area contributed by atoms with Crippen LogP contribution in [-0.4, -0.2) is 63.3 Å². The molecule has 11 heteroatoms. The maximum Gasteiger partial charge on any atom is 0.416 e. The molecule has 2 amide bonds. The Morgan fingerprint density at radius 2 is 1.96 bits per heavy atom. The summed E-state index contributed by atoms with van der Waals surface area (Å²) in [7, 11) is 1.24. The molecule has 0 bridgehead atoms. The molecule has 0 aliphatic carbocycles. The lowest BCUT2D eigenvalue weighted by molar-refractivity contribution is -0.150. The Hall–Kier alpha value is -2.37. The van der Waals surface area contributed by atoms with Crippen molar-refractivity contribution >= 4 is 17.7 Å². The molecule has 2 saturated heterocycles. The summed E-state index contributed by atoms with van der Waals surface area (Å²) in [6.45, 7) is 0.0778. The molecule has 2 aliphatic rings. The Labute approximate surface area is 158 Å². The second-order valence-corrected chi connectivity index (χ2v) is 6.31. The van der Waals surface area contributed by atoms with Crippen LogP contribution in [0, 0.1) is 0 Å². The standard InChI is InChI=1S/C17H19F3N2O6/c1-25-13(23)8-26-12-7-28-14-11(6-27-15(12)14)22-16(24)21-10-4-2-3-9(5-10)17(18,19)20/h2-5,11-12,14-15H,6-8H2,1H3,(H2,21,22,24)/t11-,12+,14+,15+/m0/s1. The molecule has 1 aromatic carbocycles. The number of halogens is 3. The van der Waals surface area contributed by atoms with E-state index in [4.69, 9.17) is 14.2 Å². The van der Waals surface area contributed by atoms with Crippen molar-refractivity contribution in [2.24, 2.45) is 0 Å². The van der Waals surface area contributed by atoms with Gasteiger partial charge in [0.15, 0.2) is 0 Å². The molecular weight excluding hydrogens is 385 g/mol. The zero-order valence-electron chi connectivity index (χ0n) is 14.8. The molecule has 0 radical (unpaired) electrons. The summed E-state index contributed by atoms with van der Waals surface area (Å²) in [5.41, 5.74) is -0.853. The lowest BCUT2D eigenvalue weighted by Gasteiger charge is -2.18. The highest BCUT2D eigenvalue weighted by Gasteiger charge is 2.49. The number of amides is 2. The number of ether oxygens (including phenoxy) is 4. The normalized spacial score (nSPS) is 26.6. The number of hydrogen-bond acceptors (Lipinski definition) is 6. The van der Waals surface area contributed by atoms with E-state index in [1.807, 2.05) is 0 Å². The van der Waals surface area contributed by atoms with E-state index < -0.39 is 48.1 Å². The number of anilines is 1. The molecule has 1 aromatic rings. The fourth-order valence-corrected chi connectivity index (χ4v) is 3.07. The number of urea groups is 1. The minimum Gasteiger partial charge on any atom is -0.467 e. The lowest BCUT2D eigenvalue weighted by atomic mass is 10.1. The first-order chi connectivity index (χ1) is 13.3. The van der Waals surface area contributed by atoms with Gasteiger partial charge in [-0.05, 0) is 18.2 Å². The molecule has 3 rings (SSSR count). The van der Waals surface area contributed by atoms with Gasteiger partial charge in [-0.15, -0.1) is 0 Å². The average molecular weight is 404 g/mol. The summed E-state index contributed by atoms with van der Waals surface area (Å²) in [5, 5.41) is 4.99. The van der Waals surface area contributed by atoms with Crippen LogP contribution in [0.3, 0.4) is 0 Å². The molecule has 154 valence electrons. The van der Waals surface area contributed by atoms with Gasteiger partial charge in [0.25, 0.3) is 0 Å². The van der Waals surface area contributed by atoms with Gasteiger partial charge in [0.2, 0.25) is 0 Å². The van der Waals surface area contributed by atoms with Crippen molar-refractivity contribution in [3.63, 3.8) is 0 Å². The number of rotatable bonds is 5. The van der Waals surface area contributed by atoms with Gasteiger partial charge in [-0.25, -0.2) is 9.59 Å². The highest BCUT2D eigenvalue weighted by atomic mass is 19.4. The Balaban J connectivity index is 1.53. The fraction of sp³-hybridized carbons (Fsp3) is 0.529. The predicted octanol–water partition coefficient (Wildman–Crippen LogP) is 1.55. The van der Waals surface area contributed by atoms with E-state index in [-0.39, 0.29) is 25.5 Å². The van der Waals surface area contributed by atoms with Crippen LogP contribution in [0.2, 0.25) is 0 Å². The van der Waals surface area contributed by atoms with Crippen molar-refractivity contribution in [3.05, 3.63) is 29.8 Å². The summed E-state index contributed by atoms with van der Waals surface area (Å²) in [4.78, 5) is 23.3. The molecule has 2 heterocycles. The third-order valence-electron chi connectivity index (χ3n) is 4.42. The van der Waals surface area contributed by atoms with Crippen LogP contribution in [0.5, 0.6) is 0 Å². The van der Waals surface area contributed by atoms with Crippen molar-refractivity contribution in [1.29, 1.82) is 0 Å². The van der Waals surface area contributed by atoms with Crippen LogP contribution in [0.25, 0.3) is 0 Å². The number of methoxy groups -OCH3 is 1. The van der Waals surface area contributed by atoms with Gasteiger partial charge >= 0.3 is 18.2 Å². The summed E-state index contributed by atoms with van der Waals surface area (Å²) >= 11 is 0. The second-order valence-electron chi connectivity index (χ2n) is 6.31. The molecule has 2 N–H and O–H groups in total. The van der Waals surface area contributed by atoms with Crippen molar-refractivity contribution < 1.29 is 41.7 Å². The van der Waals surface area contributed by atoms with Crippen LogP contribution < -0.4 is 10.6 Å². The number of nitrogens with one attached hydrogen (secondary N) is 2. The Morgan fingerprint density at radius 3 is 2.68 bits per heavy atom. The number of fused-ring (bicyclic) bond motifs is 1. The quantitative estimate of drug-likeness (QED) is 0.724. The number of hydrogen-bond donors (Lipinski definition) is 2. The molecular formula is C17H19F3N2O6. The van der Waals surface area contributed by atoms with Crippen molar-refractivity contribution in [1.82, 2.24) is 5.32 Å². The van der Waals surface area contributed by atoms with E-state index in [1.165, 1.54) is 19.2 Å².